The molecule has 9 heteroatoms. The van der Waals surface area contributed by atoms with Crippen LogP contribution in [0.15, 0.2) is 27.7 Å². The highest BCUT2D eigenvalue weighted by Gasteiger charge is 2.05. The van der Waals surface area contributed by atoms with Crippen LogP contribution in [0.5, 0.6) is 5.75 Å². The maximum absolute atomic E-state index is 6.25. The minimum Gasteiger partial charge on any atom is -0.497 e. The van der Waals surface area contributed by atoms with E-state index >= 15 is 0 Å². The molecule has 1 aromatic carbocycles. The molecule has 2 aromatic rings. The lowest BCUT2D eigenvalue weighted by Gasteiger charge is -2.11. The van der Waals surface area contributed by atoms with E-state index in [1.54, 1.807) is 14.0 Å². The molecule has 0 fully saturated rings. The number of hydrogen-bond donors (Lipinski definition) is 2. The highest BCUT2D eigenvalue weighted by Crippen LogP contribution is 2.22. The Kier molecular flexibility index (Phi) is 9.58. The second kappa shape index (κ2) is 11.1. The van der Waals surface area contributed by atoms with Crippen molar-refractivity contribution >= 4 is 41.5 Å². The number of aryl methyl sites for hydroxylation is 1. The summed E-state index contributed by atoms with van der Waals surface area (Å²) in [6.45, 7) is 5.57. The number of halogens is 2. The van der Waals surface area contributed by atoms with E-state index in [4.69, 9.17) is 20.9 Å². The van der Waals surface area contributed by atoms with Crippen molar-refractivity contribution in [1.29, 1.82) is 0 Å². The average molecular weight is 480 g/mol. The van der Waals surface area contributed by atoms with Crippen molar-refractivity contribution in [3.8, 4) is 5.75 Å². The van der Waals surface area contributed by atoms with Gasteiger partial charge in [-0.15, -0.1) is 24.0 Å². The molecule has 0 radical (unpaired) electrons. The van der Waals surface area contributed by atoms with Crippen LogP contribution in [0.2, 0.25) is 5.02 Å². The van der Waals surface area contributed by atoms with Gasteiger partial charge in [0.25, 0.3) is 0 Å². The second-order valence-electron chi connectivity index (χ2n) is 5.06. The molecule has 2 N–H and O–H groups in total. The highest BCUT2D eigenvalue weighted by molar-refractivity contribution is 14.0. The molecule has 0 aliphatic rings. The summed E-state index contributed by atoms with van der Waals surface area (Å²) in [4.78, 5) is 8.55. The van der Waals surface area contributed by atoms with E-state index < -0.39 is 0 Å². The molecule has 0 saturated carbocycles. The van der Waals surface area contributed by atoms with Gasteiger partial charge in [-0.1, -0.05) is 22.8 Å². The molecule has 25 heavy (non-hydrogen) atoms. The summed E-state index contributed by atoms with van der Waals surface area (Å²) in [5.41, 5.74) is 1.05. The lowest BCUT2D eigenvalue weighted by molar-refractivity contribution is 0.376. The number of aromatic nitrogens is 2. The van der Waals surface area contributed by atoms with Crippen molar-refractivity contribution in [3.05, 3.63) is 40.5 Å². The largest absolute Gasteiger partial charge is 0.497 e. The number of methoxy groups -OCH3 is 1. The SMILES string of the molecule is CCNC(=NCc1nc(C)no1)NCCc1ccc(OC)cc1Cl.I. The Hall–Kier alpha value is -1.55. The van der Waals surface area contributed by atoms with Crippen molar-refractivity contribution in [1.82, 2.24) is 20.8 Å². The highest BCUT2D eigenvalue weighted by atomic mass is 127. The summed E-state index contributed by atoms with van der Waals surface area (Å²) < 4.78 is 10.2. The number of nitrogens with one attached hydrogen (secondary N) is 2. The van der Waals surface area contributed by atoms with Gasteiger partial charge >= 0.3 is 0 Å². The minimum absolute atomic E-state index is 0. The quantitative estimate of drug-likeness (QED) is 0.361. The van der Waals surface area contributed by atoms with Gasteiger partial charge in [0.2, 0.25) is 5.89 Å². The third-order valence-electron chi connectivity index (χ3n) is 3.23. The van der Waals surface area contributed by atoms with Crippen LogP contribution < -0.4 is 15.4 Å². The van der Waals surface area contributed by atoms with E-state index in [1.165, 1.54) is 0 Å². The molecule has 1 heterocycles. The van der Waals surface area contributed by atoms with Crippen LogP contribution in [0, 0.1) is 6.92 Å². The van der Waals surface area contributed by atoms with Gasteiger partial charge < -0.3 is 19.9 Å². The van der Waals surface area contributed by atoms with Gasteiger partial charge in [0.1, 0.15) is 12.3 Å². The molecule has 0 aliphatic carbocycles. The third kappa shape index (κ3) is 7.07. The molecule has 0 bridgehead atoms. The maximum atomic E-state index is 6.25. The molecule has 138 valence electrons. The Morgan fingerprint density at radius 3 is 2.76 bits per heavy atom. The minimum atomic E-state index is 0. The number of aliphatic imine (C=N–C) groups is 1. The molecular weight excluding hydrogens is 457 g/mol. The van der Waals surface area contributed by atoms with Crippen LogP contribution in [-0.2, 0) is 13.0 Å². The first kappa shape index (κ1) is 21.5. The van der Waals surface area contributed by atoms with Gasteiger partial charge in [0.15, 0.2) is 11.8 Å². The van der Waals surface area contributed by atoms with Crippen LogP contribution in [0.4, 0.5) is 0 Å². The van der Waals surface area contributed by atoms with Crippen molar-refractivity contribution in [2.45, 2.75) is 26.8 Å². The number of nitrogens with zero attached hydrogens (tertiary/aromatic N) is 3. The molecule has 7 nitrogen and oxygen atoms in total. The average Bonchev–Trinajstić information content (AvgIpc) is 2.99. The Labute approximate surface area is 169 Å². The van der Waals surface area contributed by atoms with Gasteiger partial charge in [-0.25, -0.2) is 4.99 Å². The smallest absolute Gasteiger partial charge is 0.248 e. The van der Waals surface area contributed by atoms with Crippen LogP contribution in [0.1, 0.15) is 24.2 Å². The topological polar surface area (TPSA) is 84.6 Å². The van der Waals surface area contributed by atoms with Crippen molar-refractivity contribution < 1.29 is 9.26 Å². The molecule has 2 rings (SSSR count). The standard InChI is InChI=1S/C16H22ClN5O2.HI/c1-4-18-16(20-10-15-21-11(2)22-24-15)19-8-7-12-5-6-13(23-3)9-14(12)17;/h5-6,9H,4,7-8,10H2,1-3H3,(H2,18,19,20);1H. The van der Waals surface area contributed by atoms with Gasteiger partial charge in [0.05, 0.1) is 7.11 Å². The number of rotatable bonds is 7. The Balaban J connectivity index is 0.00000312. The number of hydrogen-bond acceptors (Lipinski definition) is 5. The summed E-state index contributed by atoms with van der Waals surface area (Å²) in [5, 5.41) is 10.9. The first-order valence-electron chi connectivity index (χ1n) is 7.76. The lowest BCUT2D eigenvalue weighted by Crippen LogP contribution is -2.38. The lowest BCUT2D eigenvalue weighted by atomic mass is 10.1. The monoisotopic (exact) mass is 479 g/mol. The zero-order valence-electron chi connectivity index (χ0n) is 14.5. The van der Waals surface area contributed by atoms with Crippen molar-refractivity contribution in [3.63, 3.8) is 0 Å². The molecule has 0 unspecified atom stereocenters. The van der Waals surface area contributed by atoms with Crippen LogP contribution in [-0.4, -0.2) is 36.3 Å². The van der Waals surface area contributed by atoms with Gasteiger partial charge in [-0.3, -0.25) is 0 Å². The molecule has 0 saturated heterocycles. The summed E-state index contributed by atoms with van der Waals surface area (Å²) in [7, 11) is 1.62. The predicted octanol–water partition coefficient (Wildman–Crippen LogP) is 2.96. The first-order valence-corrected chi connectivity index (χ1v) is 8.14. The number of benzene rings is 1. The summed E-state index contributed by atoms with van der Waals surface area (Å²) in [5.74, 6) is 2.54. The third-order valence-corrected chi connectivity index (χ3v) is 3.59. The molecule has 0 spiro atoms. The zero-order chi connectivity index (χ0) is 17.4. The van der Waals surface area contributed by atoms with E-state index in [0.717, 1.165) is 24.3 Å². The zero-order valence-corrected chi connectivity index (χ0v) is 17.6. The van der Waals surface area contributed by atoms with E-state index in [-0.39, 0.29) is 24.0 Å². The van der Waals surface area contributed by atoms with E-state index in [9.17, 15) is 0 Å². The molecule has 0 amide bonds. The number of guanidine groups is 1. The molecule has 0 atom stereocenters. The van der Waals surface area contributed by atoms with E-state index in [0.29, 0.717) is 35.8 Å². The first-order chi connectivity index (χ1) is 11.6. The van der Waals surface area contributed by atoms with Gasteiger partial charge in [-0.05, 0) is 38.0 Å². The predicted molar refractivity (Wildman–Crippen MR) is 109 cm³/mol. The normalized spacial score (nSPS) is 11.0. The van der Waals surface area contributed by atoms with Crippen LogP contribution in [0.25, 0.3) is 0 Å². The number of ether oxygens (including phenoxy) is 1. The van der Waals surface area contributed by atoms with Crippen LogP contribution >= 0.6 is 35.6 Å². The summed E-state index contributed by atoms with van der Waals surface area (Å²) >= 11 is 6.25. The van der Waals surface area contributed by atoms with E-state index in [2.05, 4.69) is 25.8 Å². The van der Waals surface area contributed by atoms with Crippen LogP contribution in [0.3, 0.4) is 0 Å². The Morgan fingerprint density at radius 2 is 2.16 bits per heavy atom. The maximum Gasteiger partial charge on any atom is 0.248 e. The Bertz CT molecular complexity index is 693. The fraction of sp³-hybridized carbons (Fsp3) is 0.438. The fourth-order valence-electron chi connectivity index (χ4n) is 2.07. The second-order valence-corrected chi connectivity index (χ2v) is 5.47. The molecule has 0 aliphatic heterocycles. The van der Waals surface area contributed by atoms with E-state index in [1.807, 2.05) is 25.1 Å². The fourth-order valence-corrected chi connectivity index (χ4v) is 2.33. The Morgan fingerprint density at radius 1 is 1.36 bits per heavy atom. The van der Waals surface area contributed by atoms with Gasteiger partial charge in [-0.2, -0.15) is 4.98 Å². The molecule has 1 aromatic heterocycles. The summed E-state index contributed by atoms with van der Waals surface area (Å²) in [6.07, 6.45) is 0.771. The van der Waals surface area contributed by atoms with Crippen molar-refractivity contribution in [2.75, 3.05) is 20.2 Å². The molecular formula is C16H23ClIN5O2. The van der Waals surface area contributed by atoms with Gasteiger partial charge in [0, 0.05) is 18.1 Å². The van der Waals surface area contributed by atoms with Crippen molar-refractivity contribution in [2.24, 2.45) is 4.99 Å². The summed E-state index contributed by atoms with van der Waals surface area (Å²) in [6, 6.07) is 5.68.